The Kier molecular flexibility index (Phi) is 13.3. The SMILES string of the molecule is [2H]C([2H])(Oc1ccc(C(=O)c2c(-c3ccc(O[Si](C)(C)C(C)(C)C)cc3)sc3cc(OC4OC(C(=O)OC)C(OC(C)=O)C(OC(C)=O)C4OC(C)=O)ccc23)cc1)C([2H])([2H])N1CCCCC1. The summed E-state index contributed by atoms with van der Waals surface area (Å²) in [6, 6.07) is 18.2. The summed E-state index contributed by atoms with van der Waals surface area (Å²) in [6.07, 6.45) is -5.52. The number of hydrogen-bond donors (Lipinski definition) is 0. The van der Waals surface area contributed by atoms with Crippen LogP contribution >= 0.6 is 11.3 Å². The molecule has 338 valence electrons. The Balaban J connectivity index is 1.38. The summed E-state index contributed by atoms with van der Waals surface area (Å²) in [4.78, 5) is 66.8. The van der Waals surface area contributed by atoms with Crippen molar-refractivity contribution < 1.29 is 67.0 Å². The molecule has 2 aliphatic heterocycles. The number of benzene rings is 3. The predicted molar refractivity (Wildman–Crippen MR) is 239 cm³/mol. The minimum atomic E-state index is -2.71. The van der Waals surface area contributed by atoms with Gasteiger partial charge in [-0.1, -0.05) is 27.2 Å². The number of nitrogens with zero attached hydrogens (tertiary/aromatic N) is 1. The number of carbonyl (C=O) groups is 5. The van der Waals surface area contributed by atoms with Gasteiger partial charge in [-0.05, 0) is 116 Å². The first-order valence-electron chi connectivity index (χ1n) is 22.7. The Bertz CT molecular complexity index is 2470. The lowest BCUT2D eigenvalue weighted by molar-refractivity contribution is -0.282. The van der Waals surface area contributed by atoms with E-state index in [2.05, 4.69) is 33.9 Å². The Labute approximate surface area is 378 Å². The Morgan fingerprint density at radius 2 is 1.38 bits per heavy atom. The van der Waals surface area contributed by atoms with Crippen molar-refractivity contribution in [3.63, 3.8) is 0 Å². The fourth-order valence-corrected chi connectivity index (χ4v) is 9.25. The fourth-order valence-electron chi connectivity index (χ4n) is 6.98. The van der Waals surface area contributed by atoms with Crippen LogP contribution in [-0.4, -0.2) is 107 Å². The first kappa shape index (κ1) is 41.7. The molecule has 0 N–H and O–H groups in total. The van der Waals surface area contributed by atoms with Crippen molar-refractivity contribution in [2.75, 3.05) is 33.3 Å². The first-order chi connectivity index (χ1) is 31.3. The molecule has 1 aromatic heterocycles. The van der Waals surface area contributed by atoms with Gasteiger partial charge in [-0.25, -0.2) is 4.79 Å². The van der Waals surface area contributed by atoms with Crippen LogP contribution in [0.2, 0.25) is 18.1 Å². The minimum absolute atomic E-state index is 0.0403. The highest BCUT2D eigenvalue weighted by Crippen LogP contribution is 2.43. The number of piperidine rings is 1. The summed E-state index contributed by atoms with van der Waals surface area (Å²) in [5.74, 6) is -3.01. The zero-order valence-electron chi connectivity index (χ0n) is 40.9. The Hall–Kier alpha value is -5.29. The molecule has 4 aromatic rings. The Morgan fingerprint density at radius 1 is 0.794 bits per heavy atom. The summed E-state index contributed by atoms with van der Waals surface area (Å²) >= 11 is 1.28. The largest absolute Gasteiger partial charge is 0.544 e. The van der Waals surface area contributed by atoms with E-state index in [1.165, 1.54) is 40.5 Å². The third-order valence-corrected chi connectivity index (χ3v) is 16.7. The molecule has 2 saturated heterocycles. The number of thiophene rings is 1. The number of rotatable bonds is 15. The molecule has 3 aromatic carbocycles. The quantitative estimate of drug-likeness (QED) is 0.0487. The number of hydrogen-bond acceptors (Lipinski definition) is 15. The first-order valence-corrected chi connectivity index (χ1v) is 24.4. The maximum absolute atomic E-state index is 14.7. The topological polar surface area (TPSA) is 162 Å². The molecule has 3 heterocycles. The number of methoxy groups -OCH3 is 1. The van der Waals surface area contributed by atoms with E-state index in [9.17, 15) is 24.0 Å². The molecule has 0 aliphatic carbocycles. The summed E-state index contributed by atoms with van der Waals surface area (Å²) in [5, 5.41) is 0.484. The van der Waals surface area contributed by atoms with Gasteiger partial charge in [0.2, 0.25) is 20.7 Å². The second-order valence-electron chi connectivity index (χ2n) is 16.9. The standard InChI is InChI=1S/C47H57NO13SSi/c1-28(49)56-40-41(57-29(2)50)43(58-30(3)51)46(60-42(40)45(53)54-7)59-35-21-22-36-37(27-35)62-44(32-15-19-34(20-16-32)61-63(8,9)47(4,5)6)38(36)39(52)31-13-17-33(18-14-31)55-26-25-48-23-11-10-12-24-48/h13-22,27,40-43,46H,10-12,23-26H2,1-9H3/i25D2,26D2. The number of ether oxygens (including phenoxy) is 7. The van der Waals surface area contributed by atoms with Crippen LogP contribution in [0.1, 0.15) is 82.2 Å². The average Bonchev–Trinajstić information content (AvgIpc) is 3.63. The van der Waals surface area contributed by atoms with E-state index in [1.807, 2.05) is 24.3 Å². The van der Waals surface area contributed by atoms with Crippen LogP contribution in [0.5, 0.6) is 17.2 Å². The van der Waals surface area contributed by atoms with Crippen LogP contribution in [0.4, 0.5) is 0 Å². The van der Waals surface area contributed by atoms with E-state index in [1.54, 1.807) is 18.2 Å². The van der Waals surface area contributed by atoms with Crippen molar-refractivity contribution in [2.24, 2.45) is 0 Å². The average molecular weight is 908 g/mol. The third kappa shape index (κ3) is 11.5. The van der Waals surface area contributed by atoms with E-state index >= 15 is 0 Å². The van der Waals surface area contributed by atoms with Crippen molar-refractivity contribution in [2.45, 2.75) is 110 Å². The zero-order valence-corrected chi connectivity index (χ0v) is 38.8. The molecule has 5 atom stereocenters. The molecule has 0 radical (unpaired) electrons. The van der Waals surface area contributed by atoms with Crippen LogP contribution in [0.15, 0.2) is 66.7 Å². The van der Waals surface area contributed by atoms with E-state index in [0.717, 1.165) is 47.1 Å². The van der Waals surface area contributed by atoms with E-state index in [0.29, 0.717) is 44.9 Å². The van der Waals surface area contributed by atoms with Crippen LogP contribution in [0.3, 0.4) is 0 Å². The van der Waals surface area contributed by atoms with Crippen LogP contribution in [0, 0.1) is 0 Å². The molecule has 2 aliphatic rings. The van der Waals surface area contributed by atoms with Gasteiger partial charge >= 0.3 is 23.9 Å². The summed E-state index contributed by atoms with van der Waals surface area (Å²) in [7, 11) is -1.10. The van der Waals surface area contributed by atoms with Gasteiger partial charge < -0.3 is 37.6 Å². The Morgan fingerprint density at radius 3 is 1.98 bits per heavy atom. The maximum atomic E-state index is 14.7. The van der Waals surface area contributed by atoms with E-state index in [-0.39, 0.29) is 27.9 Å². The normalized spacial score (nSPS) is 22.0. The van der Waals surface area contributed by atoms with Crippen molar-refractivity contribution >= 4 is 59.4 Å². The fraction of sp³-hybridized carbons (Fsp3) is 0.468. The lowest BCUT2D eigenvalue weighted by Crippen LogP contribution is -2.64. The monoisotopic (exact) mass is 907 g/mol. The number of esters is 4. The molecule has 6 rings (SSSR count). The minimum Gasteiger partial charge on any atom is -0.544 e. The lowest BCUT2D eigenvalue weighted by Gasteiger charge is -2.43. The molecule has 2 fully saturated rings. The number of fused-ring (bicyclic) bond motifs is 1. The van der Waals surface area contributed by atoms with Gasteiger partial charge in [0.15, 0.2) is 24.1 Å². The summed E-state index contributed by atoms with van der Waals surface area (Å²) in [5.41, 5.74) is 1.29. The number of carbonyl (C=O) groups excluding carboxylic acids is 5. The molecule has 0 amide bonds. The van der Waals surface area contributed by atoms with Gasteiger partial charge in [0.25, 0.3) is 0 Å². The van der Waals surface area contributed by atoms with Crippen molar-refractivity contribution in [1.82, 2.24) is 4.90 Å². The van der Waals surface area contributed by atoms with Gasteiger partial charge in [0.05, 0.1) is 9.85 Å². The van der Waals surface area contributed by atoms with Gasteiger partial charge in [-0.2, -0.15) is 0 Å². The highest BCUT2D eigenvalue weighted by atomic mass is 32.1. The molecule has 63 heavy (non-hydrogen) atoms. The second kappa shape index (κ2) is 20.0. The van der Waals surface area contributed by atoms with Gasteiger partial charge in [-0.15, -0.1) is 11.3 Å². The molecule has 0 spiro atoms. The zero-order chi connectivity index (χ0) is 49.2. The van der Waals surface area contributed by atoms with E-state index in [4.69, 9.17) is 43.1 Å². The second-order valence-corrected chi connectivity index (χ2v) is 22.6. The molecule has 5 unspecified atom stereocenters. The van der Waals surface area contributed by atoms with Gasteiger partial charge in [0, 0.05) is 56.1 Å². The van der Waals surface area contributed by atoms with Crippen molar-refractivity contribution in [3.05, 3.63) is 77.9 Å². The molecular formula is C47H57NO13SSi. The smallest absolute Gasteiger partial charge is 0.339 e. The predicted octanol–water partition coefficient (Wildman–Crippen LogP) is 8.12. The highest BCUT2D eigenvalue weighted by molar-refractivity contribution is 7.22. The summed E-state index contributed by atoms with van der Waals surface area (Å²) in [6.45, 7) is 9.71. The molecule has 14 nitrogen and oxygen atoms in total. The van der Waals surface area contributed by atoms with E-state index < -0.39 is 76.0 Å². The molecule has 16 heteroatoms. The number of ketones is 1. The van der Waals surface area contributed by atoms with Crippen LogP contribution in [0.25, 0.3) is 20.5 Å². The van der Waals surface area contributed by atoms with Crippen LogP contribution in [-0.2, 0) is 42.9 Å². The summed E-state index contributed by atoms with van der Waals surface area (Å²) < 4.78 is 80.7. The molecule has 0 bridgehead atoms. The van der Waals surface area contributed by atoms with Crippen LogP contribution < -0.4 is 13.9 Å². The third-order valence-electron chi connectivity index (χ3n) is 11.1. The molecular weight excluding hydrogens is 847 g/mol. The van der Waals surface area contributed by atoms with Crippen molar-refractivity contribution in [3.8, 4) is 27.7 Å². The maximum Gasteiger partial charge on any atom is 0.339 e. The van der Waals surface area contributed by atoms with Gasteiger partial charge in [-0.3, -0.25) is 24.1 Å². The van der Waals surface area contributed by atoms with Gasteiger partial charge in [0.1, 0.15) is 23.8 Å². The number of likely N-dealkylation sites (tertiary alicyclic amines) is 1. The molecule has 0 saturated carbocycles. The highest BCUT2D eigenvalue weighted by Gasteiger charge is 2.56. The lowest BCUT2D eigenvalue weighted by atomic mass is 9.97. The van der Waals surface area contributed by atoms with Crippen molar-refractivity contribution in [1.29, 1.82) is 0 Å².